The van der Waals surface area contributed by atoms with Gasteiger partial charge in [-0.1, -0.05) is 0 Å². The number of likely N-dealkylation sites (N-methyl/N-ethyl adjacent to an activating group) is 1. The van der Waals surface area contributed by atoms with E-state index in [0.29, 0.717) is 19.1 Å². The molecule has 17 heavy (non-hydrogen) atoms. The van der Waals surface area contributed by atoms with E-state index in [9.17, 15) is 4.79 Å². The van der Waals surface area contributed by atoms with E-state index in [1.165, 1.54) is 0 Å². The summed E-state index contributed by atoms with van der Waals surface area (Å²) in [7, 11) is 0. The fraction of sp³-hybridized carbons (Fsp3) is 0.917. The molecule has 0 bridgehead atoms. The van der Waals surface area contributed by atoms with E-state index >= 15 is 0 Å². The number of rotatable bonds is 5. The van der Waals surface area contributed by atoms with Gasteiger partial charge >= 0.3 is 6.09 Å². The lowest BCUT2D eigenvalue weighted by Gasteiger charge is -2.30. The zero-order valence-electron chi connectivity index (χ0n) is 11.4. The highest BCUT2D eigenvalue weighted by Crippen LogP contribution is 2.09. The number of nitrogens with zero attached hydrogens (tertiary/aromatic N) is 1. The van der Waals surface area contributed by atoms with Gasteiger partial charge in [0, 0.05) is 38.8 Å². The summed E-state index contributed by atoms with van der Waals surface area (Å²) >= 11 is 0. The first-order valence-corrected chi connectivity index (χ1v) is 6.34. The van der Waals surface area contributed by atoms with Crippen LogP contribution in [0.25, 0.3) is 0 Å². The van der Waals surface area contributed by atoms with Crippen LogP contribution in [0.1, 0.15) is 27.7 Å². The van der Waals surface area contributed by atoms with Crippen LogP contribution in [-0.4, -0.2) is 55.4 Å². The summed E-state index contributed by atoms with van der Waals surface area (Å²) in [5.41, 5.74) is -0.421. The zero-order valence-corrected chi connectivity index (χ0v) is 11.4. The van der Waals surface area contributed by atoms with Crippen molar-refractivity contribution in [1.29, 1.82) is 0 Å². The van der Waals surface area contributed by atoms with Crippen molar-refractivity contribution in [3.63, 3.8) is 0 Å². The average Bonchev–Trinajstić information content (AvgIpc) is 2.12. The lowest BCUT2D eigenvalue weighted by atomic mass is 10.2. The minimum atomic E-state index is -0.421. The molecule has 0 saturated carbocycles. The molecular weight excluding hydrogens is 218 g/mol. The van der Waals surface area contributed by atoms with Gasteiger partial charge in [-0.3, -0.25) is 0 Å². The number of hydrogen-bond donors (Lipinski definition) is 2. The first-order valence-electron chi connectivity index (χ1n) is 6.34. The summed E-state index contributed by atoms with van der Waals surface area (Å²) in [6.07, 6.45) is -0.228. The van der Waals surface area contributed by atoms with Gasteiger partial charge in [0.1, 0.15) is 5.60 Å². The lowest BCUT2D eigenvalue weighted by Crippen LogP contribution is -2.56. The molecule has 0 aromatic rings. The molecular formula is C12H25N3O2. The summed E-state index contributed by atoms with van der Waals surface area (Å²) in [5, 5.41) is 6.59. The number of ether oxygens (including phenoxy) is 1. The summed E-state index contributed by atoms with van der Waals surface area (Å²) < 4.78 is 5.34. The Morgan fingerprint density at radius 1 is 1.47 bits per heavy atom. The third-order valence-electron chi connectivity index (χ3n) is 2.63. The van der Waals surface area contributed by atoms with Gasteiger partial charge in [0.2, 0.25) is 0 Å². The normalized spacial score (nSPS) is 16.5. The van der Waals surface area contributed by atoms with Crippen molar-refractivity contribution in [2.75, 3.05) is 32.7 Å². The van der Waals surface area contributed by atoms with E-state index in [-0.39, 0.29) is 6.09 Å². The van der Waals surface area contributed by atoms with Gasteiger partial charge in [0.15, 0.2) is 0 Å². The molecule has 0 unspecified atom stereocenters. The summed E-state index contributed by atoms with van der Waals surface area (Å²) in [4.78, 5) is 13.5. The molecule has 1 fully saturated rings. The maximum atomic E-state index is 11.8. The molecule has 100 valence electrons. The molecule has 0 aliphatic carbocycles. The molecule has 1 aliphatic rings. The first-order chi connectivity index (χ1) is 7.92. The highest BCUT2D eigenvalue weighted by Gasteiger charge is 2.21. The van der Waals surface area contributed by atoms with Crippen molar-refractivity contribution in [1.82, 2.24) is 15.5 Å². The molecule has 1 saturated heterocycles. The molecule has 0 radical (unpaired) electrons. The van der Waals surface area contributed by atoms with Gasteiger partial charge in [-0.25, -0.2) is 4.79 Å². The molecule has 1 amide bonds. The third kappa shape index (κ3) is 5.37. The molecule has 1 aliphatic heterocycles. The molecule has 0 spiro atoms. The van der Waals surface area contributed by atoms with Gasteiger partial charge in [-0.05, 0) is 27.7 Å². The van der Waals surface area contributed by atoms with Crippen LogP contribution < -0.4 is 10.6 Å². The number of carbonyl (C=O) groups excluding carboxylic acids is 1. The largest absolute Gasteiger partial charge is 0.444 e. The summed E-state index contributed by atoms with van der Waals surface area (Å²) in [5.74, 6) is 0. The highest BCUT2D eigenvalue weighted by atomic mass is 16.6. The van der Waals surface area contributed by atoms with Crippen LogP contribution >= 0.6 is 0 Å². The monoisotopic (exact) mass is 243 g/mol. The standard InChI is InChI=1S/C12H25N3O2/c1-5-15(11(16)17-12(2,3)4)7-6-14-10-8-13-9-10/h10,13-14H,5-9H2,1-4H3. The highest BCUT2D eigenvalue weighted by molar-refractivity contribution is 5.68. The molecule has 0 atom stereocenters. The van der Waals surface area contributed by atoms with Gasteiger partial charge < -0.3 is 20.3 Å². The van der Waals surface area contributed by atoms with Crippen LogP contribution in [0.5, 0.6) is 0 Å². The molecule has 0 aromatic carbocycles. The molecule has 5 nitrogen and oxygen atoms in total. The predicted molar refractivity (Wildman–Crippen MR) is 68.1 cm³/mol. The van der Waals surface area contributed by atoms with E-state index in [1.807, 2.05) is 27.7 Å². The van der Waals surface area contributed by atoms with Gasteiger partial charge in [0.05, 0.1) is 0 Å². The van der Waals surface area contributed by atoms with Crippen LogP contribution in [0.15, 0.2) is 0 Å². The first kappa shape index (κ1) is 14.3. The Kier molecular flexibility index (Phi) is 5.21. The Morgan fingerprint density at radius 2 is 2.12 bits per heavy atom. The van der Waals surface area contributed by atoms with Crippen molar-refractivity contribution in [2.24, 2.45) is 0 Å². The Labute approximate surface area is 104 Å². The van der Waals surface area contributed by atoms with Crippen LogP contribution in [-0.2, 0) is 4.74 Å². The van der Waals surface area contributed by atoms with Crippen molar-refractivity contribution in [3.8, 4) is 0 Å². The smallest absolute Gasteiger partial charge is 0.410 e. The topological polar surface area (TPSA) is 53.6 Å². The van der Waals surface area contributed by atoms with Crippen molar-refractivity contribution >= 4 is 6.09 Å². The number of nitrogens with one attached hydrogen (secondary N) is 2. The second-order valence-electron chi connectivity index (χ2n) is 5.37. The Bertz CT molecular complexity index is 247. The molecule has 5 heteroatoms. The van der Waals surface area contributed by atoms with E-state index in [4.69, 9.17) is 4.74 Å². The number of amides is 1. The Hall–Kier alpha value is -0.810. The maximum Gasteiger partial charge on any atom is 0.410 e. The van der Waals surface area contributed by atoms with Crippen LogP contribution in [0.3, 0.4) is 0 Å². The fourth-order valence-electron chi connectivity index (χ4n) is 1.54. The SMILES string of the molecule is CCN(CCNC1CNC1)C(=O)OC(C)(C)C. The van der Waals surface area contributed by atoms with Crippen molar-refractivity contribution in [3.05, 3.63) is 0 Å². The second-order valence-corrected chi connectivity index (χ2v) is 5.37. The number of hydrogen-bond acceptors (Lipinski definition) is 4. The van der Waals surface area contributed by atoms with Crippen LogP contribution in [0.2, 0.25) is 0 Å². The summed E-state index contributed by atoms with van der Waals surface area (Å²) in [6.45, 7) is 11.9. The zero-order chi connectivity index (χ0) is 12.9. The Morgan fingerprint density at radius 3 is 2.53 bits per heavy atom. The lowest BCUT2D eigenvalue weighted by molar-refractivity contribution is 0.0260. The van der Waals surface area contributed by atoms with Gasteiger partial charge in [-0.15, -0.1) is 0 Å². The van der Waals surface area contributed by atoms with E-state index in [2.05, 4.69) is 10.6 Å². The predicted octanol–water partition coefficient (Wildman–Crippen LogP) is 0.805. The molecule has 1 rings (SSSR count). The number of carbonyl (C=O) groups is 1. The molecule has 0 aromatic heterocycles. The molecule has 1 heterocycles. The third-order valence-corrected chi connectivity index (χ3v) is 2.63. The van der Waals surface area contributed by atoms with Crippen molar-refractivity contribution in [2.45, 2.75) is 39.3 Å². The van der Waals surface area contributed by atoms with E-state index < -0.39 is 5.60 Å². The maximum absolute atomic E-state index is 11.8. The average molecular weight is 243 g/mol. The fourth-order valence-corrected chi connectivity index (χ4v) is 1.54. The van der Waals surface area contributed by atoms with Crippen LogP contribution in [0, 0.1) is 0 Å². The van der Waals surface area contributed by atoms with Gasteiger partial charge in [-0.2, -0.15) is 0 Å². The van der Waals surface area contributed by atoms with Crippen molar-refractivity contribution < 1.29 is 9.53 Å². The Balaban J connectivity index is 2.23. The van der Waals surface area contributed by atoms with E-state index in [1.54, 1.807) is 4.90 Å². The van der Waals surface area contributed by atoms with E-state index in [0.717, 1.165) is 19.6 Å². The summed E-state index contributed by atoms with van der Waals surface area (Å²) in [6, 6.07) is 0.562. The minimum absolute atomic E-state index is 0.228. The molecule has 2 N–H and O–H groups in total. The quantitative estimate of drug-likeness (QED) is 0.750. The second kappa shape index (κ2) is 6.21. The van der Waals surface area contributed by atoms with Crippen LogP contribution in [0.4, 0.5) is 4.79 Å². The van der Waals surface area contributed by atoms with Gasteiger partial charge in [0.25, 0.3) is 0 Å². The minimum Gasteiger partial charge on any atom is -0.444 e.